The quantitative estimate of drug-likeness (QED) is 0.0183. The van der Waals surface area contributed by atoms with E-state index in [1.165, 1.54) is 21.9 Å². The number of rotatable bonds is 33. The van der Waals surface area contributed by atoms with Gasteiger partial charge < -0.3 is 85.9 Å². The number of nitrogens with one attached hydrogen (secondary N) is 7. The number of carboxylic acids is 1. The number of primary amides is 2. The molecule has 0 spiro atoms. The molecule has 2 heterocycles. The Morgan fingerprint density at radius 2 is 1.10 bits per heavy atom. The molecule has 9 atom stereocenters. The minimum Gasteiger partial charge on any atom is -0.508 e. The lowest BCUT2D eigenvalue weighted by atomic mass is 9.99. The minimum absolute atomic E-state index is 0.00141. The first kappa shape index (κ1) is 68.2. The van der Waals surface area contributed by atoms with Crippen molar-refractivity contribution in [3.63, 3.8) is 0 Å². The highest BCUT2D eigenvalue weighted by molar-refractivity contribution is 5.98. The maximum absolute atomic E-state index is 14.3. The number of phenolic OH excluding ortho intramolecular Hbond substituents is 1. The SMILES string of the molecule is CC(C)CC(NC(=O)C(NC(=O)C1CCCN1C(=O)C(CCC(N)=O)NC(=O)C(CCC(N)=O)NC(=O)C(N)Cc1ccc(O)cc1)C(C)C)C(=O)NCC(=O)N1CCCC1C(=O)NC(C(=O)NC(CCCN=C(N)N)C(=O)O)C(C)C. The topological polar surface area (TPSA) is 478 Å². The van der Waals surface area contributed by atoms with E-state index in [4.69, 9.17) is 28.7 Å². The summed E-state index contributed by atoms with van der Waals surface area (Å²) in [5, 5.41) is 37.5. The first-order valence-corrected chi connectivity index (χ1v) is 27.6. The molecule has 82 heavy (non-hydrogen) atoms. The van der Waals surface area contributed by atoms with Crippen molar-refractivity contribution < 1.29 is 67.7 Å². The number of amides is 11. The van der Waals surface area contributed by atoms with Gasteiger partial charge in [0, 0.05) is 32.5 Å². The largest absolute Gasteiger partial charge is 0.508 e. The van der Waals surface area contributed by atoms with Gasteiger partial charge in [-0.1, -0.05) is 53.7 Å². The number of hydrogen-bond acceptors (Lipinski definition) is 15. The molecule has 29 nitrogen and oxygen atoms in total. The number of aliphatic carboxylic acids is 1. The molecule has 9 unspecified atom stereocenters. The zero-order chi connectivity index (χ0) is 61.5. The lowest BCUT2D eigenvalue weighted by Gasteiger charge is -2.31. The van der Waals surface area contributed by atoms with Gasteiger partial charge in [-0.2, -0.15) is 0 Å². The highest BCUT2D eigenvalue weighted by atomic mass is 16.4. The second-order valence-electron chi connectivity index (χ2n) is 21.8. The Morgan fingerprint density at radius 1 is 0.610 bits per heavy atom. The molecule has 29 heteroatoms. The summed E-state index contributed by atoms with van der Waals surface area (Å²) in [6.45, 7) is 9.93. The average Bonchev–Trinajstić information content (AvgIpc) is 4.24. The van der Waals surface area contributed by atoms with Gasteiger partial charge in [-0.3, -0.25) is 57.7 Å². The summed E-state index contributed by atoms with van der Waals surface area (Å²) in [7, 11) is 0. The number of nitrogens with two attached hydrogens (primary N) is 5. The first-order chi connectivity index (χ1) is 38.5. The molecule has 19 N–H and O–H groups in total. The summed E-state index contributed by atoms with van der Waals surface area (Å²) in [6, 6.07) is -5.32. The first-order valence-electron chi connectivity index (χ1n) is 27.6. The number of nitrogens with zero attached hydrogens (tertiary/aromatic N) is 3. The summed E-state index contributed by atoms with van der Waals surface area (Å²) in [5.74, 6) is -11.1. The lowest BCUT2D eigenvalue weighted by Crippen LogP contribution is -2.60. The number of benzene rings is 1. The maximum atomic E-state index is 14.3. The standard InChI is InChI=1S/C53H85N15O14/c1-27(2)24-36(45(74)60-26-41(72)67-22-8-11-37(67)47(76)65-42(28(3)4)49(78)63-35(52(81)82)10-7-21-59-53(57)58)64-50(79)43(29(5)6)66-48(77)38-12-9-23-68(38)51(80)34(18-20-40(56)71)62-46(75)33(17-19-39(55)70)61-44(73)32(54)25-30-13-15-31(69)16-14-30/h13-16,27-29,32-38,42-43,69H,7-12,17-26,54H2,1-6H3,(H2,55,70)(H2,56,71)(H,60,74)(H,61,73)(H,62,75)(H,63,78)(H,64,79)(H,65,76)(H,66,77)(H,81,82)(H4,57,58,59). The van der Waals surface area contributed by atoms with Gasteiger partial charge >= 0.3 is 5.97 Å². The van der Waals surface area contributed by atoms with E-state index in [9.17, 15) is 67.7 Å². The zero-order valence-corrected chi connectivity index (χ0v) is 47.6. The molecule has 11 amide bonds. The van der Waals surface area contributed by atoms with E-state index in [1.54, 1.807) is 53.7 Å². The van der Waals surface area contributed by atoms with Gasteiger partial charge in [-0.25, -0.2) is 4.79 Å². The van der Waals surface area contributed by atoms with Gasteiger partial charge in [0.1, 0.15) is 54.1 Å². The third-order valence-electron chi connectivity index (χ3n) is 13.9. The summed E-state index contributed by atoms with van der Waals surface area (Å²) < 4.78 is 0. The van der Waals surface area contributed by atoms with Crippen molar-refractivity contribution in [2.24, 2.45) is 51.4 Å². The molecular weight excluding hydrogens is 1070 g/mol. The van der Waals surface area contributed by atoms with Crippen LogP contribution in [0.15, 0.2) is 29.3 Å². The molecule has 0 bridgehead atoms. The van der Waals surface area contributed by atoms with Crippen LogP contribution in [-0.4, -0.2) is 177 Å². The highest BCUT2D eigenvalue weighted by Gasteiger charge is 2.42. The van der Waals surface area contributed by atoms with Crippen LogP contribution in [0, 0.1) is 17.8 Å². The molecule has 1 aromatic carbocycles. The highest BCUT2D eigenvalue weighted by Crippen LogP contribution is 2.22. The zero-order valence-electron chi connectivity index (χ0n) is 47.6. The molecule has 0 aliphatic carbocycles. The van der Waals surface area contributed by atoms with Crippen molar-refractivity contribution in [1.29, 1.82) is 0 Å². The summed E-state index contributed by atoms with van der Waals surface area (Å²) in [4.78, 5) is 166. The van der Waals surface area contributed by atoms with Gasteiger partial charge in [-0.05, 0) is 99.7 Å². The summed E-state index contributed by atoms with van der Waals surface area (Å²) in [5.41, 5.74) is 28.2. The number of phenols is 1. The minimum atomic E-state index is -1.47. The van der Waals surface area contributed by atoms with E-state index < -0.39 is 144 Å². The van der Waals surface area contributed by atoms with Gasteiger partial charge in [-0.15, -0.1) is 0 Å². The molecule has 456 valence electrons. The van der Waals surface area contributed by atoms with Crippen molar-refractivity contribution in [3.05, 3.63) is 29.8 Å². The van der Waals surface area contributed by atoms with Gasteiger partial charge in [0.05, 0.1) is 12.6 Å². The van der Waals surface area contributed by atoms with Crippen LogP contribution < -0.4 is 65.9 Å². The van der Waals surface area contributed by atoms with Crippen molar-refractivity contribution in [2.45, 2.75) is 173 Å². The monoisotopic (exact) mass is 1160 g/mol. The normalized spacial score (nSPS) is 17.5. The molecule has 2 aliphatic heterocycles. The number of carbonyl (C=O) groups excluding carboxylic acids is 11. The number of aromatic hydroxyl groups is 1. The van der Waals surface area contributed by atoms with Crippen molar-refractivity contribution >= 4 is 76.9 Å². The smallest absolute Gasteiger partial charge is 0.326 e. The van der Waals surface area contributed by atoms with E-state index in [0.717, 1.165) is 0 Å². The summed E-state index contributed by atoms with van der Waals surface area (Å²) in [6.07, 6.45) is 0.104. The number of carboxylic acid groups (broad SMARTS) is 1. The van der Waals surface area contributed by atoms with Gasteiger partial charge in [0.15, 0.2) is 5.96 Å². The Morgan fingerprint density at radius 3 is 1.60 bits per heavy atom. The number of hydrogen-bond donors (Lipinski definition) is 14. The molecule has 3 rings (SSSR count). The van der Waals surface area contributed by atoms with Crippen LogP contribution in [0.4, 0.5) is 0 Å². The molecule has 2 aliphatic rings. The molecule has 2 saturated heterocycles. The van der Waals surface area contributed by atoms with Crippen LogP contribution in [0.5, 0.6) is 5.75 Å². The van der Waals surface area contributed by atoms with E-state index in [0.29, 0.717) is 18.4 Å². The van der Waals surface area contributed by atoms with Gasteiger partial charge in [0.2, 0.25) is 65.0 Å². The predicted molar refractivity (Wildman–Crippen MR) is 297 cm³/mol. The van der Waals surface area contributed by atoms with Crippen LogP contribution >= 0.6 is 0 Å². The fourth-order valence-electron chi connectivity index (χ4n) is 9.41. The predicted octanol–water partition coefficient (Wildman–Crippen LogP) is -3.70. The molecule has 0 aromatic heterocycles. The van der Waals surface area contributed by atoms with Crippen LogP contribution in [-0.2, 0) is 64.0 Å². The lowest BCUT2D eigenvalue weighted by molar-refractivity contribution is -0.143. The van der Waals surface area contributed by atoms with E-state index >= 15 is 0 Å². The Bertz CT molecular complexity index is 2470. The Hall–Kier alpha value is -8.11. The fraction of sp³-hybridized carbons (Fsp3) is 0.642. The number of aliphatic imine (C=N–C) groups is 1. The second kappa shape index (κ2) is 33.0. The Labute approximate surface area is 476 Å². The fourth-order valence-corrected chi connectivity index (χ4v) is 9.41. The van der Waals surface area contributed by atoms with Crippen molar-refractivity contribution in [3.8, 4) is 5.75 Å². The second-order valence-corrected chi connectivity index (χ2v) is 21.8. The van der Waals surface area contributed by atoms with Gasteiger partial charge in [0.25, 0.3) is 0 Å². The Balaban J connectivity index is 1.71. The maximum Gasteiger partial charge on any atom is 0.326 e. The number of likely N-dealkylation sites (tertiary alicyclic amines) is 2. The van der Waals surface area contributed by atoms with Crippen LogP contribution in [0.1, 0.15) is 118 Å². The molecule has 0 saturated carbocycles. The van der Waals surface area contributed by atoms with Crippen LogP contribution in [0.2, 0.25) is 0 Å². The average molecular weight is 1160 g/mol. The summed E-state index contributed by atoms with van der Waals surface area (Å²) >= 11 is 0. The number of carbonyl (C=O) groups is 12. The third kappa shape index (κ3) is 22.1. The third-order valence-corrected chi connectivity index (χ3v) is 13.9. The van der Waals surface area contributed by atoms with Crippen molar-refractivity contribution in [2.75, 3.05) is 26.2 Å². The molecular formula is C53H85N15O14. The van der Waals surface area contributed by atoms with E-state index in [1.807, 2.05) is 0 Å². The van der Waals surface area contributed by atoms with Crippen LogP contribution in [0.25, 0.3) is 0 Å². The van der Waals surface area contributed by atoms with E-state index in [-0.39, 0.29) is 101 Å². The number of guanidine groups is 1. The van der Waals surface area contributed by atoms with Crippen molar-refractivity contribution in [1.82, 2.24) is 47.0 Å². The van der Waals surface area contributed by atoms with Crippen LogP contribution in [0.3, 0.4) is 0 Å². The molecule has 2 fully saturated rings. The van der Waals surface area contributed by atoms with E-state index in [2.05, 4.69) is 42.2 Å². The molecule has 1 aromatic rings. The Kier molecular flexibility index (Phi) is 27.4. The molecule has 0 radical (unpaired) electrons.